The van der Waals surface area contributed by atoms with Gasteiger partial charge in [0, 0.05) is 24.7 Å². The van der Waals surface area contributed by atoms with Crippen molar-refractivity contribution in [3.8, 4) is 22.9 Å². The van der Waals surface area contributed by atoms with Crippen LogP contribution in [-0.4, -0.2) is 31.4 Å². The quantitative estimate of drug-likeness (QED) is 0.346. The van der Waals surface area contributed by atoms with Crippen molar-refractivity contribution in [3.05, 3.63) is 101 Å². The first-order valence-corrected chi connectivity index (χ1v) is 11.3. The van der Waals surface area contributed by atoms with Crippen molar-refractivity contribution < 1.29 is 17.7 Å². The summed E-state index contributed by atoms with van der Waals surface area (Å²) in [4.78, 5) is 10.4. The molecule has 0 amide bonds. The molecule has 3 aromatic heterocycles. The van der Waals surface area contributed by atoms with Crippen LogP contribution in [0.5, 0.6) is 0 Å². The van der Waals surface area contributed by atoms with Crippen LogP contribution in [-0.2, 0) is 19.5 Å². The van der Waals surface area contributed by atoms with Gasteiger partial charge in [-0.2, -0.15) is 5.10 Å². The number of halogens is 3. The van der Waals surface area contributed by atoms with Crippen LogP contribution < -0.4 is 4.90 Å². The molecule has 6 rings (SSSR count). The summed E-state index contributed by atoms with van der Waals surface area (Å²) < 4.78 is 49.9. The molecule has 4 heterocycles. The van der Waals surface area contributed by atoms with Crippen LogP contribution in [0.2, 0.25) is 0 Å². The molecule has 1 aliphatic heterocycles. The van der Waals surface area contributed by atoms with Crippen molar-refractivity contribution in [1.82, 2.24) is 24.9 Å². The van der Waals surface area contributed by atoms with E-state index < -0.39 is 5.82 Å². The molecule has 7 nitrogen and oxygen atoms in total. The minimum absolute atomic E-state index is 0.113. The summed E-state index contributed by atoms with van der Waals surface area (Å²) in [5.41, 5.74) is 3.32. The van der Waals surface area contributed by atoms with Gasteiger partial charge in [0.1, 0.15) is 29.3 Å². The Balaban J connectivity index is 1.37. The minimum Gasteiger partial charge on any atom is -0.364 e. The Bertz CT molecular complexity index is 1550. The van der Waals surface area contributed by atoms with E-state index >= 15 is 0 Å². The number of hydrogen-bond acceptors (Lipinski definition) is 6. The predicted octanol–water partition coefficient (Wildman–Crippen LogP) is 5.02. The molecule has 0 aliphatic carbocycles. The Hall–Kier alpha value is -4.47. The zero-order valence-corrected chi connectivity index (χ0v) is 18.9. The monoisotopic (exact) mass is 488 g/mol. The van der Waals surface area contributed by atoms with Gasteiger partial charge in [0.15, 0.2) is 17.5 Å². The first-order chi connectivity index (χ1) is 17.6. The lowest BCUT2D eigenvalue weighted by atomic mass is 9.99. The summed E-state index contributed by atoms with van der Waals surface area (Å²) in [6.45, 7) is 0.872. The highest BCUT2D eigenvalue weighted by molar-refractivity contribution is 5.63. The summed E-state index contributed by atoms with van der Waals surface area (Å²) in [7, 11) is 0. The van der Waals surface area contributed by atoms with Crippen molar-refractivity contribution in [2.45, 2.75) is 19.5 Å². The topological polar surface area (TPSA) is 72.9 Å². The molecular weight excluding hydrogens is 469 g/mol. The summed E-state index contributed by atoms with van der Waals surface area (Å²) in [5, 5.41) is 8.57. The molecule has 0 saturated carbocycles. The van der Waals surface area contributed by atoms with Gasteiger partial charge in [-0.3, -0.25) is 4.68 Å². The smallest absolute Gasteiger partial charge is 0.183 e. The van der Waals surface area contributed by atoms with Crippen molar-refractivity contribution in [3.63, 3.8) is 0 Å². The van der Waals surface area contributed by atoms with E-state index in [-0.39, 0.29) is 29.8 Å². The maximum absolute atomic E-state index is 14.8. The molecule has 0 atom stereocenters. The Morgan fingerprint density at radius 2 is 1.78 bits per heavy atom. The molecule has 2 aromatic carbocycles. The van der Waals surface area contributed by atoms with Gasteiger partial charge >= 0.3 is 0 Å². The van der Waals surface area contributed by atoms with E-state index in [9.17, 15) is 13.2 Å². The van der Waals surface area contributed by atoms with Gasteiger partial charge in [-0.15, -0.1) is 0 Å². The number of rotatable bonds is 5. The molecule has 1 aliphatic rings. The third-order valence-electron chi connectivity index (χ3n) is 6.22. The normalized spacial score (nSPS) is 13.1. The number of aromatic nitrogens is 5. The third-order valence-corrected chi connectivity index (χ3v) is 6.22. The number of fused-ring (bicyclic) bond motifs is 1. The van der Waals surface area contributed by atoms with Gasteiger partial charge in [-0.25, -0.2) is 23.1 Å². The molecule has 5 aromatic rings. The Labute approximate surface area is 203 Å². The van der Waals surface area contributed by atoms with Crippen LogP contribution in [0, 0.1) is 17.5 Å². The van der Waals surface area contributed by atoms with Gasteiger partial charge in [0.05, 0.1) is 18.4 Å². The van der Waals surface area contributed by atoms with E-state index in [1.54, 1.807) is 46.0 Å². The fraction of sp³-hybridized carbons (Fsp3) is 0.154. The number of hydrogen-bond donors (Lipinski definition) is 0. The van der Waals surface area contributed by atoms with Gasteiger partial charge in [-0.1, -0.05) is 35.5 Å². The average Bonchev–Trinajstić information content (AvgIpc) is 3.56. The zero-order valence-electron chi connectivity index (χ0n) is 18.9. The van der Waals surface area contributed by atoms with Gasteiger partial charge in [0.2, 0.25) is 0 Å². The Kier molecular flexibility index (Phi) is 5.48. The Morgan fingerprint density at radius 1 is 0.917 bits per heavy atom. The fourth-order valence-corrected chi connectivity index (χ4v) is 4.43. The lowest BCUT2D eigenvalue weighted by molar-refractivity contribution is 0.421. The van der Waals surface area contributed by atoms with E-state index in [0.29, 0.717) is 47.7 Å². The summed E-state index contributed by atoms with van der Waals surface area (Å²) in [5.74, 6) is -0.879. The van der Waals surface area contributed by atoms with Crippen molar-refractivity contribution in [1.29, 1.82) is 0 Å². The molecule has 0 N–H and O–H groups in total. The molecule has 10 heteroatoms. The predicted molar refractivity (Wildman–Crippen MR) is 125 cm³/mol. The maximum atomic E-state index is 14.8. The Morgan fingerprint density at radius 3 is 2.61 bits per heavy atom. The largest absolute Gasteiger partial charge is 0.364 e. The summed E-state index contributed by atoms with van der Waals surface area (Å²) in [6.07, 6.45) is 2.97. The van der Waals surface area contributed by atoms with E-state index in [1.807, 2.05) is 6.07 Å². The maximum Gasteiger partial charge on any atom is 0.183 e. The van der Waals surface area contributed by atoms with Crippen LogP contribution in [0.3, 0.4) is 0 Å². The molecule has 0 radical (unpaired) electrons. The average molecular weight is 488 g/mol. The van der Waals surface area contributed by atoms with Crippen molar-refractivity contribution in [2.75, 3.05) is 11.4 Å². The van der Waals surface area contributed by atoms with E-state index in [2.05, 4.69) is 20.2 Å². The molecular formula is C26H19F3N6O. The van der Waals surface area contributed by atoms with Gasteiger partial charge in [0.25, 0.3) is 0 Å². The van der Waals surface area contributed by atoms with Crippen LogP contribution in [0.4, 0.5) is 19.0 Å². The molecule has 0 fully saturated rings. The van der Waals surface area contributed by atoms with E-state index in [0.717, 1.165) is 11.8 Å². The van der Waals surface area contributed by atoms with Gasteiger partial charge in [-0.05, 0) is 35.7 Å². The fourth-order valence-electron chi connectivity index (χ4n) is 4.43. The molecule has 0 unspecified atom stereocenters. The number of nitrogens with zero attached hydrogens (tertiary/aromatic N) is 6. The SMILES string of the molecule is Fc1ccccc1Cn1nc(-c2ncc(F)c(N3CCc4c(F)cccc4C3)n2)cc1-c1ccon1. The highest BCUT2D eigenvalue weighted by Crippen LogP contribution is 2.29. The first kappa shape index (κ1) is 22.0. The second-order valence-electron chi connectivity index (χ2n) is 8.46. The lowest BCUT2D eigenvalue weighted by Crippen LogP contribution is -2.32. The highest BCUT2D eigenvalue weighted by atomic mass is 19.1. The van der Waals surface area contributed by atoms with Crippen molar-refractivity contribution in [2.24, 2.45) is 0 Å². The second-order valence-corrected chi connectivity index (χ2v) is 8.46. The third kappa shape index (κ3) is 4.00. The second kappa shape index (κ2) is 8.95. The minimum atomic E-state index is -0.582. The molecule has 0 spiro atoms. The van der Waals surface area contributed by atoms with Crippen LogP contribution in [0.25, 0.3) is 22.9 Å². The van der Waals surface area contributed by atoms with Crippen LogP contribution in [0.15, 0.2) is 71.6 Å². The van der Waals surface area contributed by atoms with Gasteiger partial charge < -0.3 is 9.42 Å². The van der Waals surface area contributed by atoms with E-state index in [4.69, 9.17) is 4.52 Å². The highest BCUT2D eigenvalue weighted by Gasteiger charge is 2.24. The molecule has 0 saturated heterocycles. The molecule has 180 valence electrons. The number of anilines is 1. The standard InChI is InChI=1S/C26H19F3N6O/c27-19-6-2-1-4-17(19)15-35-24(22-9-11-36-33-22)12-23(32-35)25-30-13-21(29)26(31-25)34-10-8-18-16(14-34)5-3-7-20(18)28/h1-7,9,11-13H,8,10,14-15H2. The van der Waals surface area contributed by atoms with Crippen LogP contribution >= 0.6 is 0 Å². The summed E-state index contributed by atoms with van der Waals surface area (Å²) in [6, 6.07) is 14.7. The molecule has 0 bridgehead atoms. The van der Waals surface area contributed by atoms with Crippen LogP contribution in [0.1, 0.15) is 16.7 Å². The first-order valence-electron chi connectivity index (χ1n) is 11.3. The zero-order chi connectivity index (χ0) is 24.6. The lowest BCUT2D eigenvalue weighted by Gasteiger charge is -2.30. The summed E-state index contributed by atoms with van der Waals surface area (Å²) >= 11 is 0. The van der Waals surface area contributed by atoms with Crippen molar-refractivity contribution >= 4 is 5.82 Å². The molecule has 36 heavy (non-hydrogen) atoms. The number of benzene rings is 2. The van der Waals surface area contributed by atoms with E-state index in [1.165, 1.54) is 18.4 Å².